The molecule has 1 aliphatic heterocycles. The molecule has 0 unspecified atom stereocenters. The van der Waals surface area contributed by atoms with E-state index in [1.165, 1.54) is 17.1 Å². The lowest BCUT2D eigenvalue weighted by atomic mass is 10.2. The summed E-state index contributed by atoms with van der Waals surface area (Å²) in [6.45, 7) is 2.81. The standard InChI is InChI=1S/C23H21N5O4/c1-15-2-5-17(6-3-15)28-22-18(12-26-28)23(30)27(13-25-22)9-8-21(29)24-11-16-4-7-19-20(10-16)32-14-31-19/h2-7,10,12-13H,8-9,11,14H2,1H3,(H,24,29). The first-order valence-electron chi connectivity index (χ1n) is 10.2. The molecular formula is C23H21N5O4. The van der Waals surface area contributed by atoms with E-state index in [-0.39, 0.29) is 31.2 Å². The Hall–Kier alpha value is -4.14. The fourth-order valence-corrected chi connectivity index (χ4v) is 3.54. The van der Waals surface area contributed by atoms with Gasteiger partial charge in [0.2, 0.25) is 12.7 Å². The van der Waals surface area contributed by atoms with E-state index in [2.05, 4.69) is 15.4 Å². The number of carbonyl (C=O) groups excluding carboxylic acids is 1. The van der Waals surface area contributed by atoms with Crippen molar-refractivity contribution in [1.82, 2.24) is 24.6 Å². The molecule has 9 nitrogen and oxygen atoms in total. The minimum absolute atomic E-state index is 0.156. The van der Waals surface area contributed by atoms with Crippen LogP contribution in [0.5, 0.6) is 11.5 Å². The quantitative estimate of drug-likeness (QED) is 0.503. The largest absolute Gasteiger partial charge is 0.454 e. The van der Waals surface area contributed by atoms with Crippen molar-refractivity contribution >= 4 is 16.9 Å². The van der Waals surface area contributed by atoms with E-state index in [1.54, 1.807) is 4.68 Å². The second-order valence-corrected chi connectivity index (χ2v) is 7.59. The van der Waals surface area contributed by atoms with Crippen LogP contribution in [0.4, 0.5) is 0 Å². The fourth-order valence-electron chi connectivity index (χ4n) is 3.54. The molecule has 2 aromatic carbocycles. The number of ether oxygens (including phenoxy) is 2. The average molecular weight is 431 g/mol. The van der Waals surface area contributed by atoms with Gasteiger partial charge in [-0.1, -0.05) is 23.8 Å². The molecule has 0 bridgehead atoms. The molecule has 3 heterocycles. The molecule has 0 fully saturated rings. The van der Waals surface area contributed by atoms with Crippen LogP contribution in [-0.2, 0) is 17.9 Å². The predicted octanol–water partition coefficient (Wildman–Crippen LogP) is 2.33. The van der Waals surface area contributed by atoms with Crippen LogP contribution in [0.3, 0.4) is 0 Å². The minimum Gasteiger partial charge on any atom is -0.454 e. The first kappa shape index (κ1) is 19.8. The number of amides is 1. The van der Waals surface area contributed by atoms with Crippen LogP contribution in [0.1, 0.15) is 17.5 Å². The van der Waals surface area contributed by atoms with Crippen molar-refractivity contribution in [2.24, 2.45) is 0 Å². The van der Waals surface area contributed by atoms with Gasteiger partial charge in [-0.3, -0.25) is 14.2 Å². The molecule has 1 N–H and O–H groups in total. The third-order valence-corrected chi connectivity index (χ3v) is 5.34. The van der Waals surface area contributed by atoms with Crippen molar-refractivity contribution < 1.29 is 14.3 Å². The smallest absolute Gasteiger partial charge is 0.264 e. The number of benzene rings is 2. The van der Waals surface area contributed by atoms with Crippen LogP contribution in [0.25, 0.3) is 16.7 Å². The zero-order valence-corrected chi connectivity index (χ0v) is 17.4. The average Bonchev–Trinajstić information content (AvgIpc) is 3.45. The van der Waals surface area contributed by atoms with E-state index in [4.69, 9.17) is 9.47 Å². The lowest BCUT2D eigenvalue weighted by molar-refractivity contribution is -0.121. The molecule has 0 saturated heterocycles. The summed E-state index contributed by atoms with van der Waals surface area (Å²) in [5.74, 6) is 1.21. The van der Waals surface area contributed by atoms with Crippen molar-refractivity contribution in [3.8, 4) is 17.2 Å². The van der Waals surface area contributed by atoms with Gasteiger partial charge in [-0.15, -0.1) is 0 Å². The maximum atomic E-state index is 12.8. The summed E-state index contributed by atoms with van der Waals surface area (Å²) in [6, 6.07) is 13.4. The fraction of sp³-hybridized carbons (Fsp3) is 0.217. The molecule has 0 spiro atoms. The topological polar surface area (TPSA) is 100 Å². The molecule has 4 aromatic rings. The number of nitrogens with zero attached hydrogens (tertiary/aromatic N) is 4. The Morgan fingerprint density at radius 3 is 2.78 bits per heavy atom. The highest BCUT2D eigenvalue weighted by Crippen LogP contribution is 2.32. The summed E-state index contributed by atoms with van der Waals surface area (Å²) in [6.07, 6.45) is 3.13. The summed E-state index contributed by atoms with van der Waals surface area (Å²) < 4.78 is 13.7. The summed E-state index contributed by atoms with van der Waals surface area (Å²) in [7, 11) is 0. The monoisotopic (exact) mass is 431 g/mol. The Kier molecular flexibility index (Phi) is 5.06. The molecule has 0 radical (unpaired) electrons. The van der Waals surface area contributed by atoms with Crippen LogP contribution >= 0.6 is 0 Å². The van der Waals surface area contributed by atoms with Crippen LogP contribution in [0.2, 0.25) is 0 Å². The summed E-state index contributed by atoms with van der Waals surface area (Å²) in [5, 5.41) is 7.59. The lowest BCUT2D eigenvalue weighted by Crippen LogP contribution is -2.27. The Bertz CT molecular complexity index is 1360. The maximum absolute atomic E-state index is 12.8. The third-order valence-electron chi connectivity index (χ3n) is 5.34. The molecule has 0 aliphatic carbocycles. The third kappa shape index (κ3) is 3.80. The van der Waals surface area contributed by atoms with Crippen molar-refractivity contribution in [3.63, 3.8) is 0 Å². The van der Waals surface area contributed by atoms with Crippen molar-refractivity contribution in [1.29, 1.82) is 0 Å². The van der Waals surface area contributed by atoms with E-state index < -0.39 is 0 Å². The van der Waals surface area contributed by atoms with E-state index in [9.17, 15) is 9.59 Å². The van der Waals surface area contributed by atoms with Crippen molar-refractivity contribution in [2.45, 2.75) is 26.4 Å². The Morgan fingerprint density at radius 2 is 1.94 bits per heavy atom. The number of hydrogen-bond acceptors (Lipinski definition) is 6. The molecule has 2 aromatic heterocycles. The zero-order chi connectivity index (χ0) is 22.1. The van der Waals surface area contributed by atoms with Crippen LogP contribution in [0.15, 0.2) is 59.8 Å². The number of carbonyl (C=O) groups is 1. The van der Waals surface area contributed by atoms with Gasteiger partial charge in [-0.2, -0.15) is 5.10 Å². The molecule has 1 aliphatic rings. The number of rotatable bonds is 6. The predicted molar refractivity (Wildman–Crippen MR) is 117 cm³/mol. The lowest BCUT2D eigenvalue weighted by Gasteiger charge is -2.08. The Morgan fingerprint density at radius 1 is 1.12 bits per heavy atom. The second-order valence-electron chi connectivity index (χ2n) is 7.59. The molecule has 1 amide bonds. The summed E-state index contributed by atoms with van der Waals surface area (Å²) in [4.78, 5) is 29.5. The molecule has 5 rings (SSSR count). The molecule has 9 heteroatoms. The number of fused-ring (bicyclic) bond motifs is 2. The highest BCUT2D eigenvalue weighted by atomic mass is 16.7. The molecule has 0 atom stereocenters. The first-order valence-corrected chi connectivity index (χ1v) is 10.2. The molecule has 162 valence electrons. The van der Waals surface area contributed by atoms with Gasteiger partial charge in [0.05, 0.1) is 18.2 Å². The van der Waals surface area contributed by atoms with Gasteiger partial charge in [0.15, 0.2) is 17.1 Å². The Balaban J connectivity index is 1.24. The number of aromatic nitrogens is 4. The van der Waals surface area contributed by atoms with Crippen LogP contribution in [0, 0.1) is 6.92 Å². The van der Waals surface area contributed by atoms with E-state index >= 15 is 0 Å². The summed E-state index contributed by atoms with van der Waals surface area (Å²) >= 11 is 0. The van der Waals surface area contributed by atoms with Gasteiger partial charge in [-0.25, -0.2) is 9.67 Å². The zero-order valence-electron chi connectivity index (χ0n) is 17.4. The van der Waals surface area contributed by atoms with Gasteiger partial charge in [0.25, 0.3) is 5.56 Å². The molecule has 32 heavy (non-hydrogen) atoms. The summed E-state index contributed by atoms with van der Waals surface area (Å²) in [5.41, 5.74) is 3.14. The minimum atomic E-state index is -0.225. The van der Waals surface area contributed by atoms with E-state index in [0.717, 1.165) is 16.8 Å². The normalized spacial score (nSPS) is 12.3. The van der Waals surface area contributed by atoms with Crippen molar-refractivity contribution in [3.05, 3.63) is 76.5 Å². The van der Waals surface area contributed by atoms with Gasteiger partial charge >= 0.3 is 0 Å². The number of nitrogens with one attached hydrogen (secondary N) is 1. The first-order chi connectivity index (χ1) is 15.6. The van der Waals surface area contributed by atoms with E-state index in [0.29, 0.717) is 29.1 Å². The highest BCUT2D eigenvalue weighted by Gasteiger charge is 2.14. The molecule has 0 saturated carbocycles. The SMILES string of the molecule is Cc1ccc(-n2ncc3c(=O)n(CCC(=O)NCc4ccc5c(c4)OCO5)cnc32)cc1. The van der Waals surface area contributed by atoms with Crippen molar-refractivity contribution in [2.75, 3.05) is 6.79 Å². The van der Waals surface area contributed by atoms with Crippen LogP contribution < -0.4 is 20.3 Å². The van der Waals surface area contributed by atoms with Gasteiger partial charge < -0.3 is 14.8 Å². The number of aryl methyl sites for hydroxylation is 2. The maximum Gasteiger partial charge on any atom is 0.264 e. The Labute approximate surface area is 183 Å². The van der Waals surface area contributed by atoms with Gasteiger partial charge in [0, 0.05) is 19.5 Å². The van der Waals surface area contributed by atoms with E-state index in [1.807, 2.05) is 49.4 Å². The van der Waals surface area contributed by atoms with Gasteiger partial charge in [0.1, 0.15) is 5.39 Å². The van der Waals surface area contributed by atoms with Crippen LogP contribution in [-0.4, -0.2) is 32.0 Å². The van der Waals surface area contributed by atoms with Gasteiger partial charge in [-0.05, 0) is 36.8 Å². The molecular weight excluding hydrogens is 410 g/mol. The second kappa shape index (κ2) is 8.18. The number of hydrogen-bond donors (Lipinski definition) is 1. The highest BCUT2D eigenvalue weighted by molar-refractivity contribution is 5.76.